The Hall–Kier alpha value is -2.83. The van der Waals surface area contributed by atoms with Crippen LogP contribution in [-0.2, 0) is 0 Å². The quantitative estimate of drug-likeness (QED) is 0.855. The first-order valence-electron chi connectivity index (χ1n) is 8.83. The van der Waals surface area contributed by atoms with Crippen molar-refractivity contribution >= 4 is 17.4 Å². The predicted octanol–water partition coefficient (Wildman–Crippen LogP) is 3.11. The van der Waals surface area contributed by atoms with Crippen LogP contribution >= 0.6 is 0 Å². The average Bonchev–Trinajstić information content (AvgIpc) is 2.63. The van der Waals surface area contributed by atoms with Gasteiger partial charge in [-0.3, -0.25) is 0 Å². The van der Waals surface area contributed by atoms with Crippen molar-refractivity contribution in [1.82, 2.24) is 9.88 Å². The fourth-order valence-electron chi connectivity index (χ4n) is 3.77. The molecule has 1 N–H and O–H groups in total. The summed E-state index contributed by atoms with van der Waals surface area (Å²) in [7, 11) is 0. The van der Waals surface area contributed by atoms with Gasteiger partial charge in [0, 0.05) is 31.0 Å². The zero-order chi connectivity index (χ0) is 18.1. The van der Waals surface area contributed by atoms with Gasteiger partial charge in [-0.2, -0.15) is 4.39 Å². The van der Waals surface area contributed by atoms with Gasteiger partial charge in [0.1, 0.15) is 5.75 Å². The van der Waals surface area contributed by atoms with Gasteiger partial charge in [-0.15, -0.1) is 0 Å². The summed E-state index contributed by atoms with van der Waals surface area (Å²) >= 11 is 0. The third kappa shape index (κ3) is 3.05. The second kappa shape index (κ2) is 6.82. The monoisotopic (exact) mass is 356 g/mol. The van der Waals surface area contributed by atoms with Crippen LogP contribution in [0.15, 0.2) is 42.6 Å². The minimum atomic E-state index is -0.483. The molecule has 2 unspecified atom stereocenters. The van der Waals surface area contributed by atoms with Crippen LogP contribution in [0.1, 0.15) is 13.3 Å². The Morgan fingerprint density at radius 1 is 1.31 bits per heavy atom. The maximum absolute atomic E-state index is 13.4. The van der Waals surface area contributed by atoms with Crippen LogP contribution in [0, 0.1) is 5.95 Å². The molecule has 3 fully saturated rings. The molecule has 4 heterocycles. The van der Waals surface area contributed by atoms with Crippen molar-refractivity contribution in [3.05, 3.63) is 48.5 Å². The first-order chi connectivity index (χ1) is 12.7. The van der Waals surface area contributed by atoms with Gasteiger partial charge in [-0.05, 0) is 31.5 Å². The lowest BCUT2D eigenvalue weighted by Crippen LogP contribution is -2.71. The number of fused-ring (bicyclic) bond motifs is 2. The molecule has 2 amide bonds. The lowest BCUT2D eigenvalue weighted by molar-refractivity contribution is 0.0439. The van der Waals surface area contributed by atoms with Crippen LogP contribution in [0.2, 0.25) is 0 Å². The molecule has 136 valence electrons. The third-order valence-corrected chi connectivity index (χ3v) is 4.93. The standard InChI is InChI=1S/C19H21FN4O2/c1-2-26-17-6-4-3-5-16(17)22-19(25)24-14-9-15(24)12-23(11-14)13-7-8-21-18(20)10-13/h3-8,10,14-15H,2,9,11-12H2,1H3,(H,22,25). The Morgan fingerprint density at radius 2 is 2.08 bits per heavy atom. The second-order valence-electron chi connectivity index (χ2n) is 6.55. The highest BCUT2D eigenvalue weighted by Crippen LogP contribution is 2.35. The molecule has 2 atom stereocenters. The summed E-state index contributed by atoms with van der Waals surface area (Å²) in [5, 5.41) is 2.96. The summed E-state index contributed by atoms with van der Waals surface area (Å²) in [6.07, 6.45) is 2.45. The van der Waals surface area contributed by atoms with Crippen LogP contribution in [0.4, 0.5) is 20.6 Å². The highest BCUT2D eigenvalue weighted by Gasteiger charge is 2.47. The van der Waals surface area contributed by atoms with Crippen LogP contribution in [0.25, 0.3) is 0 Å². The number of para-hydroxylation sites is 2. The molecule has 2 aromatic rings. The Bertz CT molecular complexity index is 804. The first-order valence-corrected chi connectivity index (χ1v) is 8.83. The number of ether oxygens (including phenoxy) is 1. The molecule has 0 aliphatic carbocycles. The number of carbonyl (C=O) groups excluding carboxylic acids is 1. The number of urea groups is 1. The normalized spacial score (nSPS) is 21.2. The van der Waals surface area contributed by atoms with Gasteiger partial charge in [0.15, 0.2) is 0 Å². The summed E-state index contributed by atoms with van der Waals surface area (Å²) < 4.78 is 18.9. The van der Waals surface area contributed by atoms with Gasteiger partial charge in [-0.25, -0.2) is 9.78 Å². The minimum absolute atomic E-state index is 0.112. The van der Waals surface area contributed by atoms with Gasteiger partial charge >= 0.3 is 6.03 Å². The van der Waals surface area contributed by atoms with E-state index in [9.17, 15) is 9.18 Å². The Morgan fingerprint density at radius 3 is 2.81 bits per heavy atom. The minimum Gasteiger partial charge on any atom is -0.492 e. The molecule has 2 bridgehead atoms. The van der Waals surface area contributed by atoms with E-state index in [0.717, 1.165) is 12.1 Å². The summed E-state index contributed by atoms with van der Waals surface area (Å²) in [6, 6.07) is 10.8. The first kappa shape index (κ1) is 16.6. The van der Waals surface area contributed by atoms with E-state index in [0.29, 0.717) is 31.1 Å². The smallest absolute Gasteiger partial charge is 0.322 e. The number of piperidine rings is 1. The number of aromatic nitrogens is 1. The van der Waals surface area contributed by atoms with E-state index in [4.69, 9.17) is 4.74 Å². The molecule has 6 nitrogen and oxygen atoms in total. The SMILES string of the molecule is CCOc1ccccc1NC(=O)N1C2CC1CN(c1ccnc(F)c1)C2. The number of anilines is 2. The zero-order valence-corrected chi connectivity index (χ0v) is 14.6. The maximum Gasteiger partial charge on any atom is 0.322 e. The lowest BCUT2D eigenvalue weighted by atomic mass is 9.87. The molecule has 0 radical (unpaired) electrons. The van der Waals surface area contributed by atoms with Crippen molar-refractivity contribution in [2.75, 3.05) is 29.9 Å². The van der Waals surface area contributed by atoms with Crippen molar-refractivity contribution in [2.45, 2.75) is 25.4 Å². The molecular formula is C19H21FN4O2. The number of hydrogen-bond donors (Lipinski definition) is 1. The molecular weight excluding hydrogens is 335 g/mol. The largest absolute Gasteiger partial charge is 0.492 e. The number of benzene rings is 1. The zero-order valence-electron chi connectivity index (χ0n) is 14.6. The molecule has 7 heteroatoms. The van der Waals surface area contributed by atoms with Crippen molar-refractivity contribution in [3.8, 4) is 5.75 Å². The van der Waals surface area contributed by atoms with E-state index in [1.165, 1.54) is 12.3 Å². The van der Waals surface area contributed by atoms with E-state index < -0.39 is 5.95 Å². The van der Waals surface area contributed by atoms with Gasteiger partial charge in [0.05, 0.1) is 24.4 Å². The summed E-state index contributed by atoms with van der Waals surface area (Å²) in [5.41, 5.74) is 1.49. The van der Waals surface area contributed by atoms with Gasteiger partial charge in [-0.1, -0.05) is 12.1 Å². The number of rotatable bonds is 4. The molecule has 1 aromatic heterocycles. The summed E-state index contributed by atoms with van der Waals surface area (Å²) in [6.45, 7) is 3.84. The molecule has 3 aliphatic heterocycles. The van der Waals surface area contributed by atoms with Crippen LogP contribution < -0.4 is 15.0 Å². The number of piperazine rings is 1. The molecule has 3 aliphatic rings. The Kier molecular flexibility index (Phi) is 4.36. The number of nitrogens with zero attached hydrogens (tertiary/aromatic N) is 3. The summed E-state index contributed by atoms with van der Waals surface area (Å²) in [4.78, 5) is 20.3. The van der Waals surface area contributed by atoms with Gasteiger partial charge in [0.2, 0.25) is 5.95 Å². The van der Waals surface area contributed by atoms with Crippen LogP contribution in [-0.4, -0.2) is 47.7 Å². The molecule has 26 heavy (non-hydrogen) atoms. The molecule has 3 saturated heterocycles. The maximum atomic E-state index is 13.4. The van der Waals surface area contributed by atoms with E-state index in [-0.39, 0.29) is 18.1 Å². The highest BCUT2D eigenvalue weighted by atomic mass is 19.1. The predicted molar refractivity (Wildman–Crippen MR) is 97.1 cm³/mol. The van der Waals surface area contributed by atoms with E-state index in [1.807, 2.05) is 36.1 Å². The lowest BCUT2D eigenvalue weighted by Gasteiger charge is -2.56. The molecule has 0 saturated carbocycles. The Balaban J connectivity index is 1.42. The van der Waals surface area contributed by atoms with Crippen molar-refractivity contribution in [3.63, 3.8) is 0 Å². The van der Waals surface area contributed by atoms with Gasteiger partial charge < -0.3 is 19.9 Å². The number of pyridine rings is 1. The van der Waals surface area contributed by atoms with E-state index >= 15 is 0 Å². The number of amides is 2. The van der Waals surface area contributed by atoms with Crippen molar-refractivity contribution in [1.29, 1.82) is 0 Å². The topological polar surface area (TPSA) is 57.7 Å². The second-order valence-corrected chi connectivity index (χ2v) is 6.55. The van der Waals surface area contributed by atoms with Crippen LogP contribution in [0.5, 0.6) is 5.75 Å². The fourth-order valence-corrected chi connectivity index (χ4v) is 3.77. The summed E-state index contributed by atoms with van der Waals surface area (Å²) in [5.74, 6) is 0.187. The molecule has 0 spiro atoms. The number of hydrogen-bond acceptors (Lipinski definition) is 4. The fraction of sp³-hybridized carbons (Fsp3) is 0.368. The van der Waals surface area contributed by atoms with Crippen molar-refractivity contribution in [2.24, 2.45) is 0 Å². The van der Waals surface area contributed by atoms with Gasteiger partial charge in [0.25, 0.3) is 0 Å². The molecule has 1 aromatic carbocycles. The van der Waals surface area contributed by atoms with E-state index in [2.05, 4.69) is 15.2 Å². The number of carbonyl (C=O) groups is 1. The van der Waals surface area contributed by atoms with E-state index in [1.54, 1.807) is 6.07 Å². The number of nitrogens with one attached hydrogen (secondary N) is 1. The highest BCUT2D eigenvalue weighted by molar-refractivity contribution is 5.92. The number of halogens is 1. The van der Waals surface area contributed by atoms with Crippen LogP contribution in [0.3, 0.4) is 0 Å². The average molecular weight is 356 g/mol. The van der Waals surface area contributed by atoms with Crippen molar-refractivity contribution < 1.29 is 13.9 Å². The third-order valence-electron chi connectivity index (χ3n) is 4.93. The Labute approximate surface area is 151 Å². The molecule has 5 rings (SSSR count).